The average Bonchev–Trinajstić information content (AvgIpc) is 1.63. The van der Waals surface area contributed by atoms with E-state index in [-0.39, 0.29) is 128 Å². The molecule has 4 saturated heterocycles. The molecule has 38 heteroatoms. The maximum Gasteiger partial charge on any atom is 0.339 e. The van der Waals surface area contributed by atoms with Crippen LogP contribution in [0.4, 0.5) is 19.2 Å². The van der Waals surface area contributed by atoms with Crippen LogP contribution in [0.1, 0.15) is 138 Å². The van der Waals surface area contributed by atoms with Crippen LogP contribution in [0.15, 0.2) is 151 Å². The number of ether oxygens (including phenoxy) is 5. The Hall–Kier alpha value is -17.0. The second-order valence-corrected chi connectivity index (χ2v) is 30.7. The first-order valence-corrected chi connectivity index (χ1v) is 39.7. The summed E-state index contributed by atoms with van der Waals surface area (Å²) >= 11 is 0. The summed E-state index contributed by atoms with van der Waals surface area (Å²) in [5.74, 6) is 19.5. The van der Waals surface area contributed by atoms with Crippen LogP contribution in [0.5, 0.6) is 23.0 Å². The van der Waals surface area contributed by atoms with Gasteiger partial charge in [-0.05, 0) is 133 Å². The number of ketones is 1. The van der Waals surface area contributed by atoms with Gasteiger partial charge < -0.3 is 75.2 Å². The van der Waals surface area contributed by atoms with E-state index in [9.17, 15) is 76.7 Å². The zero-order valence-corrected chi connectivity index (χ0v) is 70.2. The van der Waals surface area contributed by atoms with Crippen molar-refractivity contribution in [3.8, 4) is 70.4 Å². The van der Waals surface area contributed by atoms with Crippen LogP contribution in [-0.4, -0.2) is 226 Å². The molecule has 0 bridgehead atoms. The number of benzene rings is 4. The van der Waals surface area contributed by atoms with E-state index in [1.165, 1.54) is 99.1 Å². The number of Topliss-reactive ketones (excluding diaryl/α,β-unsaturated/α-hetero) is 1. The third-order valence-corrected chi connectivity index (χ3v) is 21.9. The molecule has 5 atom stereocenters. The summed E-state index contributed by atoms with van der Waals surface area (Å²) < 4.78 is 25.5. The van der Waals surface area contributed by atoms with Crippen LogP contribution in [0.25, 0.3) is 0 Å². The normalized spacial score (nSPS) is 20.8. The largest absolute Gasteiger partial charge is 0.497 e. The van der Waals surface area contributed by atoms with E-state index in [0.29, 0.717) is 67.5 Å². The molecule has 11 heterocycles. The number of nitrogens with one attached hydrogen (secondary N) is 10. The fourth-order valence-corrected chi connectivity index (χ4v) is 14.9. The van der Waals surface area contributed by atoms with Gasteiger partial charge in [0.1, 0.15) is 34.4 Å². The molecule has 10 aliphatic rings. The van der Waals surface area contributed by atoms with Gasteiger partial charge in [-0.25, -0.2) is 33.9 Å². The Labute approximate surface area is 735 Å². The minimum atomic E-state index is -1.71. The van der Waals surface area contributed by atoms with Crippen LogP contribution < -0.4 is 72.1 Å². The maximum absolute atomic E-state index is 13.0. The molecule has 1 saturated carbocycles. The predicted molar refractivity (Wildman–Crippen MR) is 451 cm³/mol. The molecule has 0 radical (unpaired) electrons. The Kier molecular flexibility index (Phi) is 24.9. The predicted octanol–water partition coefficient (Wildman–Crippen LogP) is 2.39. The SMILES string of the molecule is CNC(=O)c1ccc(C#C[C@]2(CN3Cc4ccc(OC)cc4C3=O)NC(=O)NC2=O)cn1.COC(=O)c1ccncc1C#C[C@]1(CN2Cc3ccc(OC)cc3C2=O)NC(=O)NC1=O.COc1ccc2c(c1)C(=O)N(C[C@@]1(C#CC3=CC(C)C(=O)C(C)=C3)NC(=O)NC1=O)C2.COc1ccc2c(c1)C(=O)N(C[C@@]1(C#Cc3ccc(C(=O)NC4CC4)nc3)NC(=O)NC1=O)C2. The first kappa shape index (κ1) is 88.3. The lowest BCUT2D eigenvalue weighted by Crippen LogP contribution is -2.54. The van der Waals surface area contributed by atoms with E-state index < -0.39 is 75.9 Å². The molecule has 129 heavy (non-hydrogen) atoms. The number of hydrogen-bond acceptors (Lipinski definition) is 24. The fraction of sp³-hybridized carbons (Fsp3) is 0.264. The lowest BCUT2D eigenvalue weighted by atomic mass is 9.90. The summed E-state index contributed by atoms with van der Waals surface area (Å²) in [7, 11) is 8.78. The molecule has 3 aromatic heterocycles. The number of allylic oxidation sites excluding steroid dienone is 4. The zero-order valence-electron chi connectivity index (χ0n) is 70.2. The molecular weight excluding hydrogens is 1670 g/mol. The number of amides is 18. The highest BCUT2D eigenvalue weighted by molar-refractivity contribution is 6.14. The van der Waals surface area contributed by atoms with E-state index in [0.717, 1.165) is 35.1 Å². The summed E-state index contributed by atoms with van der Waals surface area (Å²) in [6.45, 7) is 3.97. The molecule has 10 N–H and O–H groups in total. The second-order valence-electron chi connectivity index (χ2n) is 30.7. The number of imide groups is 4. The van der Waals surface area contributed by atoms with Crippen molar-refractivity contribution in [1.29, 1.82) is 0 Å². The van der Waals surface area contributed by atoms with Crippen LogP contribution in [0.3, 0.4) is 0 Å². The number of methoxy groups -OCH3 is 5. The summed E-state index contributed by atoms with van der Waals surface area (Å²) in [6.07, 6.45) is 10.9. The first-order valence-electron chi connectivity index (χ1n) is 39.7. The van der Waals surface area contributed by atoms with Crippen molar-refractivity contribution >= 4 is 94.9 Å². The summed E-state index contributed by atoms with van der Waals surface area (Å²) in [5, 5.41) is 24.3. The molecular formula is C91H79N17O21. The van der Waals surface area contributed by atoms with Crippen molar-refractivity contribution in [2.75, 3.05) is 68.8 Å². The Morgan fingerprint density at radius 1 is 0.457 bits per heavy atom. The van der Waals surface area contributed by atoms with Gasteiger partial charge in [0.15, 0.2) is 5.78 Å². The summed E-state index contributed by atoms with van der Waals surface area (Å²) in [4.78, 5) is 216. The van der Waals surface area contributed by atoms with Gasteiger partial charge in [0.2, 0.25) is 22.2 Å². The standard InChI is InChI=1S/C24H21N5O5.C23H21N3O5.C22H19N5O5.C22H18N4O6/c1-34-17-6-3-15-12-29(21(31)18(15)10-17)13-24(22(32)27-23(33)28-24)9-8-14-2-7-19(25-11-14)20(30)26-16-4-5-16;1-13-8-15(9-14(2)19(13)27)6-7-23(21(29)24-22(30)25-23)12-26-11-16-4-5-17(31-3)10-18(16)20(26)28;1-23-18(28)17-6-3-13(10-24-17)7-8-22(20(30)25-21(31)26-22)12-27-11-14-4-5-15(32-2)9-16(14)19(27)29;1-31-15-4-3-14-11-26(18(27)17(14)9-15)12-22(20(29)24-21(30)25-22)7-5-13-10-23-8-6-16(13)19(28)32-2/h2-3,6-7,10-11,16H,4-5,12-13H2,1H3,(H,26,30)(H2,27,28,32,33);4-5,8-10,13H,11-12H2,1-3H3,(H2,24,25,29,30);3-6,9-10H,11-12H2,1-2H3,(H,23,28)(H2,25,26,30,31);3-4,6,8-10H,11-12H2,1-2H3,(H2,24,25,29,30)/t24-;13?,23-;2*22-/m1111/s1. The Balaban J connectivity index is 0.000000139. The monoisotopic (exact) mass is 1750 g/mol. The molecule has 4 aromatic carbocycles. The van der Waals surface area contributed by atoms with Crippen molar-refractivity contribution in [2.45, 2.75) is 81.1 Å². The van der Waals surface area contributed by atoms with Crippen molar-refractivity contribution in [1.82, 2.24) is 87.7 Å². The number of esters is 1. The van der Waals surface area contributed by atoms with E-state index in [1.807, 2.05) is 0 Å². The van der Waals surface area contributed by atoms with Gasteiger partial charge in [0.05, 0.1) is 72.9 Å². The van der Waals surface area contributed by atoms with Gasteiger partial charge in [0.25, 0.3) is 59.1 Å². The molecule has 8 aliphatic heterocycles. The smallest absolute Gasteiger partial charge is 0.339 e. The van der Waals surface area contributed by atoms with E-state index >= 15 is 0 Å². The molecule has 2 aliphatic carbocycles. The summed E-state index contributed by atoms with van der Waals surface area (Å²) in [5.41, 5.74) is 1.44. The molecule has 17 rings (SSSR count). The molecule has 38 nitrogen and oxygen atoms in total. The minimum Gasteiger partial charge on any atom is -0.497 e. The van der Waals surface area contributed by atoms with Crippen molar-refractivity contribution in [3.05, 3.63) is 229 Å². The Morgan fingerprint density at radius 2 is 0.814 bits per heavy atom. The molecule has 5 fully saturated rings. The van der Waals surface area contributed by atoms with Gasteiger partial charge in [-0.15, -0.1) is 0 Å². The highest BCUT2D eigenvalue weighted by atomic mass is 16.5. The molecule has 18 amide bonds. The minimum absolute atomic E-state index is 0.0167. The zero-order chi connectivity index (χ0) is 92.0. The quantitative estimate of drug-likeness (QED) is 0.0377. The first-order chi connectivity index (χ1) is 61.8. The van der Waals surface area contributed by atoms with Crippen LogP contribution in [0, 0.1) is 53.3 Å². The van der Waals surface area contributed by atoms with Crippen molar-refractivity contribution in [2.24, 2.45) is 5.92 Å². The Morgan fingerprint density at radius 3 is 1.12 bits per heavy atom. The van der Waals surface area contributed by atoms with E-state index in [2.05, 4.69) is 115 Å². The lowest BCUT2D eigenvalue weighted by Gasteiger charge is -2.26. The lowest BCUT2D eigenvalue weighted by molar-refractivity contribution is -0.123. The Bertz CT molecular complexity index is 6360. The number of pyridine rings is 3. The number of fused-ring (bicyclic) bond motifs is 4. The van der Waals surface area contributed by atoms with E-state index in [4.69, 9.17) is 23.7 Å². The maximum atomic E-state index is 13.0. The number of hydrogen-bond donors (Lipinski definition) is 10. The molecule has 7 aromatic rings. The van der Waals surface area contributed by atoms with Crippen molar-refractivity contribution < 1.29 is 100 Å². The molecule has 654 valence electrons. The topological polar surface area (TPSA) is 491 Å². The highest BCUT2D eigenvalue weighted by Crippen LogP contribution is 2.35. The number of aromatic nitrogens is 3. The number of rotatable bonds is 16. The van der Waals surface area contributed by atoms with Crippen LogP contribution in [0.2, 0.25) is 0 Å². The average molecular weight is 1750 g/mol. The number of nitrogens with zero attached hydrogens (tertiary/aromatic N) is 7. The van der Waals surface area contributed by atoms with E-state index in [1.54, 1.807) is 117 Å². The van der Waals surface area contributed by atoms with Gasteiger partial charge in [0, 0.05) is 109 Å². The van der Waals surface area contributed by atoms with Crippen molar-refractivity contribution in [3.63, 3.8) is 0 Å². The van der Waals surface area contributed by atoms with Gasteiger partial charge in [-0.3, -0.25) is 79.0 Å². The van der Waals surface area contributed by atoms with Gasteiger partial charge in [-0.1, -0.05) is 84.6 Å². The third-order valence-electron chi connectivity index (χ3n) is 21.9. The molecule has 1 unspecified atom stereocenters. The second kappa shape index (κ2) is 36.4. The fourth-order valence-electron chi connectivity index (χ4n) is 14.9. The van der Waals surface area contributed by atoms with Crippen LogP contribution in [-0.2, 0) is 54.9 Å². The van der Waals surface area contributed by atoms with Gasteiger partial charge >= 0.3 is 30.1 Å². The van der Waals surface area contributed by atoms with Crippen LogP contribution >= 0.6 is 0 Å². The number of urea groups is 4. The summed E-state index contributed by atoms with van der Waals surface area (Å²) in [6, 6.07) is 25.9. The number of carbonyl (C=O) groups is 16. The molecule has 0 spiro atoms. The van der Waals surface area contributed by atoms with Gasteiger partial charge in [-0.2, -0.15) is 0 Å². The number of carbonyl (C=O) groups excluding carboxylic acids is 16. The third kappa shape index (κ3) is 18.8. The highest BCUT2D eigenvalue weighted by Gasteiger charge is 2.53.